The zero-order valence-electron chi connectivity index (χ0n) is 22.7. The van der Waals surface area contributed by atoms with E-state index >= 15 is 0 Å². The lowest BCUT2D eigenvalue weighted by atomic mass is 10.1. The summed E-state index contributed by atoms with van der Waals surface area (Å²) in [7, 11) is 4.46. The van der Waals surface area contributed by atoms with E-state index in [0.29, 0.717) is 45.4 Å². The molecule has 0 saturated heterocycles. The molecule has 41 heavy (non-hydrogen) atoms. The van der Waals surface area contributed by atoms with E-state index in [1.807, 2.05) is 0 Å². The van der Waals surface area contributed by atoms with E-state index in [9.17, 15) is 14.4 Å². The second-order valence-electron chi connectivity index (χ2n) is 8.58. The maximum Gasteiger partial charge on any atom is 0.272 e. The van der Waals surface area contributed by atoms with Gasteiger partial charge in [-0.25, -0.2) is 0 Å². The molecule has 0 aliphatic heterocycles. The lowest BCUT2D eigenvalue weighted by Crippen LogP contribution is -2.30. The van der Waals surface area contributed by atoms with Crippen LogP contribution in [0.2, 0.25) is 0 Å². The van der Waals surface area contributed by atoms with Crippen LogP contribution in [0.1, 0.15) is 32.0 Å². The fraction of sp³-hybridized carbons (Fsp3) is 0.0938. The van der Waals surface area contributed by atoms with Crippen LogP contribution in [0, 0.1) is 0 Å². The quantitative estimate of drug-likeness (QED) is 0.184. The predicted octanol–water partition coefficient (Wildman–Crippen LogP) is 5.61. The smallest absolute Gasteiger partial charge is 0.272 e. The Kier molecular flexibility index (Phi) is 9.35. The number of hydrogen-bond donors (Lipinski definition) is 2. The van der Waals surface area contributed by atoms with E-state index in [4.69, 9.17) is 18.6 Å². The summed E-state index contributed by atoms with van der Waals surface area (Å²) in [5.74, 6) is 0.439. The molecule has 208 valence electrons. The molecule has 0 aliphatic rings. The van der Waals surface area contributed by atoms with Gasteiger partial charge in [0.05, 0.1) is 27.6 Å². The molecular formula is C32H28N2O7. The molecule has 0 saturated carbocycles. The molecule has 2 N–H and O–H groups in total. The molecule has 3 aromatic carbocycles. The number of furan rings is 1. The molecule has 0 unspecified atom stereocenters. The van der Waals surface area contributed by atoms with Crippen molar-refractivity contribution in [3.05, 3.63) is 119 Å². The minimum Gasteiger partial charge on any atom is -0.493 e. The van der Waals surface area contributed by atoms with E-state index < -0.39 is 11.8 Å². The van der Waals surface area contributed by atoms with E-state index in [0.717, 1.165) is 0 Å². The summed E-state index contributed by atoms with van der Waals surface area (Å²) in [6.45, 7) is 0. The first kappa shape index (κ1) is 28.4. The third-order valence-electron chi connectivity index (χ3n) is 5.90. The van der Waals surface area contributed by atoms with Crippen LogP contribution in [-0.4, -0.2) is 38.9 Å². The highest BCUT2D eigenvalue weighted by Gasteiger charge is 2.18. The zero-order chi connectivity index (χ0) is 29.2. The maximum absolute atomic E-state index is 13.4. The van der Waals surface area contributed by atoms with Gasteiger partial charge in [-0.15, -0.1) is 0 Å². The van der Waals surface area contributed by atoms with Crippen molar-refractivity contribution in [2.24, 2.45) is 0 Å². The summed E-state index contributed by atoms with van der Waals surface area (Å²) < 4.78 is 21.4. The van der Waals surface area contributed by atoms with Crippen LogP contribution in [0.4, 0.5) is 5.69 Å². The van der Waals surface area contributed by atoms with Gasteiger partial charge in [0.15, 0.2) is 17.3 Å². The number of carbonyl (C=O) groups is 3. The van der Waals surface area contributed by atoms with Crippen LogP contribution in [0.15, 0.2) is 101 Å². The van der Waals surface area contributed by atoms with Gasteiger partial charge < -0.3 is 29.3 Å². The first-order chi connectivity index (χ1) is 19.9. The summed E-state index contributed by atoms with van der Waals surface area (Å²) in [6.07, 6.45) is 6.00. The number of allylic oxidation sites excluding steroid dienone is 1. The Morgan fingerprint density at radius 3 is 2.05 bits per heavy atom. The Balaban J connectivity index is 1.59. The van der Waals surface area contributed by atoms with Gasteiger partial charge in [0.2, 0.25) is 5.75 Å². The Bertz CT molecular complexity index is 1550. The average molecular weight is 553 g/mol. The van der Waals surface area contributed by atoms with Gasteiger partial charge in [0.1, 0.15) is 11.5 Å². The molecule has 4 aromatic rings. The van der Waals surface area contributed by atoms with Crippen molar-refractivity contribution in [3.8, 4) is 17.2 Å². The number of anilines is 1. The highest BCUT2D eigenvalue weighted by atomic mass is 16.5. The molecule has 4 rings (SSSR count). The molecular weight excluding hydrogens is 524 g/mol. The molecule has 0 spiro atoms. The van der Waals surface area contributed by atoms with Crippen molar-refractivity contribution >= 4 is 35.4 Å². The monoisotopic (exact) mass is 552 g/mol. The van der Waals surface area contributed by atoms with Crippen LogP contribution in [0.5, 0.6) is 17.2 Å². The Hall–Kier alpha value is -5.57. The molecule has 9 nitrogen and oxygen atoms in total. The van der Waals surface area contributed by atoms with Crippen molar-refractivity contribution < 1.29 is 33.0 Å². The summed E-state index contributed by atoms with van der Waals surface area (Å²) >= 11 is 0. The van der Waals surface area contributed by atoms with Gasteiger partial charge in [-0.05, 0) is 84.5 Å². The van der Waals surface area contributed by atoms with Crippen molar-refractivity contribution in [2.75, 3.05) is 26.6 Å². The van der Waals surface area contributed by atoms with Crippen LogP contribution in [0.25, 0.3) is 12.2 Å². The van der Waals surface area contributed by atoms with Crippen LogP contribution < -0.4 is 24.8 Å². The number of methoxy groups -OCH3 is 3. The van der Waals surface area contributed by atoms with E-state index in [2.05, 4.69) is 10.6 Å². The predicted molar refractivity (Wildman–Crippen MR) is 155 cm³/mol. The lowest BCUT2D eigenvalue weighted by Gasteiger charge is -2.14. The standard InChI is InChI=1S/C32H28N2O7/c1-38-28-19-21(20-29(39-2)30(28)40-3)18-26(34-31(36)23-8-5-4-6-9-23)32(37)33-24-13-11-22(12-14-24)27(35)16-15-25-10-7-17-41-25/h4-20H,1-3H3,(H,33,37)(H,34,36)/b16-15+,26-18-. The normalized spacial score (nSPS) is 11.1. The fourth-order valence-electron chi connectivity index (χ4n) is 3.85. The number of amides is 2. The number of rotatable bonds is 11. The number of carbonyl (C=O) groups excluding carboxylic acids is 3. The molecule has 9 heteroatoms. The Morgan fingerprint density at radius 1 is 0.780 bits per heavy atom. The van der Waals surface area contributed by atoms with E-state index in [1.165, 1.54) is 39.7 Å². The number of ketones is 1. The van der Waals surface area contributed by atoms with E-state index in [-0.39, 0.29) is 11.5 Å². The van der Waals surface area contributed by atoms with Gasteiger partial charge in [-0.3, -0.25) is 14.4 Å². The van der Waals surface area contributed by atoms with Gasteiger partial charge in [0, 0.05) is 16.8 Å². The fourth-order valence-corrected chi connectivity index (χ4v) is 3.85. The average Bonchev–Trinajstić information content (AvgIpc) is 3.53. The molecule has 0 radical (unpaired) electrons. The molecule has 0 atom stereocenters. The first-order valence-corrected chi connectivity index (χ1v) is 12.5. The summed E-state index contributed by atoms with van der Waals surface area (Å²) in [5.41, 5.74) is 1.71. The van der Waals surface area contributed by atoms with Crippen molar-refractivity contribution in [3.63, 3.8) is 0 Å². The number of benzene rings is 3. The van der Waals surface area contributed by atoms with Crippen molar-refractivity contribution in [2.45, 2.75) is 0 Å². The number of hydrogen-bond acceptors (Lipinski definition) is 7. The largest absolute Gasteiger partial charge is 0.493 e. The van der Waals surface area contributed by atoms with E-state index in [1.54, 1.807) is 84.9 Å². The zero-order valence-corrected chi connectivity index (χ0v) is 22.7. The topological polar surface area (TPSA) is 116 Å². The highest BCUT2D eigenvalue weighted by molar-refractivity contribution is 6.11. The Labute approximate surface area is 237 Å². The van der Waals surface area contributed by atoms with Crippen molar-refractivity contribution in [1.29, 1.82) is 0 Å². The van der Waals surface area contributed by atoms with Crippen molar-refractivity contribution in [1.82, 2.24) is 5.32 Å². The molecule has 1 heterocycles. The van der Waals surface area contributed by atoms with Gasteiger partial charge in [-0.2, -0.15) is 0 Å². The van der Waals surface area contributed by atoms with Crippen LogP contribution in [-0.2, 0) is 4.79 Å². The Morgan fingerprint density at radius 2 is 1.46 bits per heavy atom. The maximum atomic E-state index is 13.4. The molecule has 1 aromatic heterocycles. The minimum absolute atomic E-state index is 0.0327. The molecule has 0 aliphatic carbocycles. The SMILES string of the molecule is COc1cc(/C=C(\NC(=O)c2ccccc2)C(=O)Nc2ccc(C(=O)/C=C/c3ccco3)cc2)cc(OC)c1OC. The summed E-state index contributed by atoms with van der Waals surface area (Å²) in [4.78, 5) is 38.9. The number of ether oxygens (including phenoxy) is 3. The molecule has 0 bridgehead atoms. The van der Waals surface area contributed by atoms with Gasteiger partial charge in [-0.1, -0.05) is 18.2 Å². The van der Waals surface area contributed by atoms with Gasteiger partial charge >= 0.3 is 0 Å². The third kappa shape index (κ3) is 7.30. The van der Waals surface area contributed by atoms with Crippen LogP contribution in [0.3, 0.4) is 0 Å². The highest BCUT2D eigenvalue weighted by Crippen LogP contribution is 2.38. The lowest BCUT2D eigenvalue weighted by molar-refractivity contribution is -0.113. The van der Waals surface area contributed by atoms with Gasteiger partial charge in [0.25, 0.3) is 11.8 Å². The minimum atomic E-state index is -0.583. The second kappa shape index (κ2) is 13.5. The molecule has 0 fully saturated rings. The summed E-state index contributed by atoms with van der Waals surface area (Å²) in [6, 6.07) is 21.7. The number of nitrogens with one attached hydrogen (secondary N) is 2. The first-order valence-electron chi connectivity index (χ1n) is 12.5. The van der Waals surface area contributed by atoms with Crippen LogP contribution >= 0.6 is 0 Å². The summed E-state index contributed by atoms with van der Waals surface area (Å²) in [5, 5.41) is 5.46. The molecule has 2 amide bonds. The second-order valence-corrected chi connectivity index (χ2v) is 8.58. The third-order valence-corrected chi connectivity index (χ3v) is 5.90.